The Labute approximate surface area is 95.5 Å². The lowest BCUT2D eigenvalue weighted by Gasteiger charge is -2.28. The van der Waals surface area contributed by atoms with E-state index < -0.39 is 0 Å². The number of hydrogen-bond donors (Lipinski definition) is 0. The molecule has 0 bridgehead atoms. The van der Waals surface area contributed by atoms with Crippen LogP contribution in [0.4, 0.5) is 5.82 Å². The van der Waals surface area contributed by atoms with E-state index in [0.717, 1.165) is 12.4 Å². The summed E-state index contributed by atoms with van der Waals surface area (Å²) in [4.78, 5) is 10.5. The zero-order valence-corrected chi connectivity index (χ0v) is 9.74. The summed E-state index contributed by atoms with van der Waals surface area (Å²) < 4.78 is 0. The highest BCUT2D eigenvalue weighted by atomic mass is 35.5. The lowest BCUT2D eigenvalue weighted by atomic mass is 10.2. The van der Waals surface area contributed by atoms with Gasteiger partial charge in [-0.05, 0) is 19.8 Å². The maximum absolute atomic E-state index is 5.87. The number of aromatic nitrogens is 2. The second kappa shape index (κ2) is 4.79. The van der Waals surface area contributed by atoms with E-state index in [1.807, 2.05) is 6.07 Å². The van der Waals surface area contributed by atoms with Crippen LogP contribution < -0.4 is 4.90 Å². The second-order valence-corrected chi connectivity index (χ2v) is 4.31. The largest absolute Gasteiger partial charge is 0.354 e. The van der Waals surface area contributed by atoms with Gasteiger partial charge in [-0.2, -0.15) is 0 Å². The Balaban J connectivity index is 2.18. The number of nitrogens with zero attached hydrogens (tertiary/aromatic N) is 3. The molecule has 0 saturated heterocycles. The van der Waals surface area contributed by atoms with Crippen molar-refractivity contribution in [3.05, 3.63) is 17.5 Å². The van der Waals surface area contributed by atoms with Gasteiger partial charge in [0.1, 0.15) is 17.3 Å². The third kappa shape index (κ3) is 2.40. The lowest BCUT2D eigenvalue weighted by molar-refractivity contribution is 0.612. The van der Waals surface area contributed by atoms with Crippen molar-refractivity contribution in [1.29, 1.82) is 0 Å². The van der Waals surface area contributed by atoms with Gasteiger partial charge in [0.05, 0.1) is 0 Å². The van der Waals surface area contributed by atoms with Crippen LogP contribution in [0.1, 0.15) is 32.6 Å². The molecule has 15 heavy (non-hydrogen) atoms. The molecule has 2 rings (SSSR count). The van der Waals surface area contributed by atoms with E-state index >= 15 is 0 Å². The molecule has 0 unspecified atom stereocenters. The quantitative estimate of drug-likeness (QED) is 0.741. The maximum atomic E-state index is 5.87. The molecule has 1 aliphatic carbocycles. The lowest BCUT2D eigenvalue weighted by Crippen LogP contribution is -2.33. The molecule has 3 nitrogen and oxygen atoms in total. The molecule has 0 spiro atoms. The Hall–Kier alpha value is -0.830. The summed E-state index contributed by atoms with van der Waals surface area (Å²) in [5, 5.41) is 0.524. The van der Waals surface area contributed by atoms with Crippen LogP contribution in [0.15, 0.2) is 12.4 Å². The number of anilines is 1. The Morgan fingerprint density at radius 1 is 1.40 bits per heavy atom. The van der Waals surface area contributed by atoms with Crippen LogP contribution in [-0.2, 0) is 0 Å². The van der Waals surface area contributed by atoms with Gasteiger partial charge in [-0.3, -0.25) is 0 Å². The normalized spacial score (nSPS) is 16.9. The molecular weight excluding hydrogens is 210 g/mol. The van der Waals surface area contributed by atoms with Gasteiger partial charge in [-0.25, -0.2) is 9.97 Å². The highest BCUT2D eigenvalue weighted by molar-refractivity contribution is 6.29. The van der Waals surface area contributed by atoms with Gasteiger partial charge in [0, 0.05) is 18.7 Å². The third-order valence-corrected chi connectivity index (χ3v) is 3.23. The minimum absolute atomic E-state index is 0.524. The van der Waals surface area contributed by atoms with Crippen molar-refractivity contribution in [2.45, 2.75) is 38.6 Å². The molecule has 1 aromatic rings. The van der Waals surface area contributed by atoms with Gasteiger partial charge < -0.3 is 4.90 Å². The van der Waals surface area contributed by atoms with E-state index in [0.29, 0.717) is 11.2 Å². The topological polar surface area (TPSA) is 29.0 Å². The van der Waals surface area contributed by atoms with E-state index in [2.05, 4.69) is 21.8 Å². The molecule has 0 aromatic carbocycles. The van der Waals surface area contributed by atoms with Gasteiger partial charge in [0.2, 0.25) is 0 Å². The molecule has 0 N–H and O–H groups in total. The smallest absolute Gasteiger partial charge is 0.134 e. The molecular formula is C11H16ClN3. The molecule has 0 amide bonds. The van der Waals surface area contributed by atoms with Crippen molar-refractivity contribution < 1.29 is 0 Å². The molecule has 1 aromatic heterocycles. The van der Waals surface area contributed by atoms with Gasteiger partial charge in [0.15, 0.2) is 0 Å². The number of halogens is 1. The van der Waals surface area contributed by atoms with Gasteiger partial charge in [0.25, 0.3) is 0 Å². The molecule has 4 heteroatoms. The van der Waals surface area contributed by atoms with Crippen LogP contribution in [0.25, 0.3) is 0 Å². The molecule has 1 aliphatic rings. The Bertz CT molecular complexity index is 323. The molecule has 0 aliphatic heterocycles. The monoisotopic (exact) mass is 225 g/mol. The Morgan fingerprint density at radius 2 is 2.13 bits per heavy atom. The van der Waals surface area contributed by atoms with Crippen molar-refractivity contribution >= 4 is 17.4 Å². The van der Waals surface area contributed by atoms with Gasteiger partial charge in [-0.15, -0.1) is 0 Å². The predicted octanol–water partition coefficient (Wildman–Crippen LogP) is 2.90. The minimum atomic E-state index is 0.524. The average molecular weight is 226 g/mol. The fourth-order valence-electron chi connectivity index (χ4n) is 2.30. The Morgan fingerprint density at radius 3 is 2.73 bits per heavy atom. The molecule has 0 radical (unpaired) electrons. The zero-order valence-electron chi connectivity index (χ0n) is 8.99. The number of hydrogen-bond acceptors (Lipinski definition) is 3. The summed E-state index contributed by atoms with van der Waals surface area (Å²) in [6.07, 6.45) is 6.75. The van der Waals surface area contributed by atoms with Crippen LogP contribution in [0.5, 0.6) is 0 Å². The summed E-state index contributed by atoms with van der Waals surface area (Å²) >= 11 is 5.87. The van der Waals surface area contributed by atoms with Crippen molar-refractivity contribution in [1.82, 2.24) is 9.97 Å². The van der Waals surface area contributed by atoms with E-state index in [4.69, 9.17) is 11.6 Å². The molecule has 1 fully saturated rings. The van der Waals surface area contributed by atoms with E-state index in [1.54, 1.807) is 0 Å². The van der Waals surface area contributed by atoms with E-state index in [1.165, 1.54) is 32.0 Å². The highest BCUT2D eigenvalue weighted by Crippen LogP contribution is 2.27. The SMILES string of the molecule is CCN(c1cc(Cl)ncn1)C1CCCC1. The van der Waals surface area contributed by atoms with E-state index in [9.17, 15) is 0 Å². The first kappa shape index (κ1) is 10.7. The fourth-order valence-corrected chi connectivity index (χ4v) is 2.45. The average Bonchev–Trinajstić information content (AvgIpc) is 2.72. The summed E-state index contributed by atoms with van der Waals surface area (Å²) in [5.74, 6) is 0.962. The first-order valence-corrected chi connectivity index (χ1v) is 5.93. The van der Waals surface area contributed by atoms with Gasteiger partial charge >= 0.3 is 0 Å². The summed E-state index contributed by atoms with van der Waals surface area (Å²) in [7, 11) is 0. The highest BCUT2D eigenvalue weighted by Gasteiger charge is 2.22. The van der Waals surface area contributed by atoms with Crippen LogP contribution in [-0.4, -0.2) is 22.6 Å². The molecule has 1 saturated carbocycles. The first-order chi connectivity index (χ1) is 7.31. The van der Waals surface area contributed by atoms with Crippen molar-refractivity contribution in [3.63, 3.8) is 0 Å². The summed E-state index contributed by atoms with van der Waals surface area (Å²) in [6.45, 7) is 3.15. The Kier molecular flexibility index (Phi) is 3.41. The molecule has 82 valence electrons. The van der Waals surface area contributed by atoms with Crippen LogP contribution in [0.2, 0.25) is 5.15 Å². The fraction of sp³-hybridized carbons (Fsp3) is 0.636. The first-order valence-electron chi connectivity index (χ1n) is 5.55. The minimum Gasteiger partial charge on any atom is -0.354 e. The van der Waals surface area contributed by atoms with Crippen molar-refractivity contribution in [2.75, 3.05) is 11.4 Å². The summed E-state index contributed by atoms with van der Waals surface area (Å²) in [6, 6.07) is 2.49. The second-order valence-electron chi connectivity index (χ2n) is 3.92. The number of rotatable bonds is 3. The van der Waals surface area contributed by atoms with E-state index in [-0.39, 0.29) is 0 Å². The predicted molar refractivity (Wildman–Crippen MR) is 62.3 cm³/mol. The van der Waals surface area contributed by atoms with Crippen molar-refractivity contribution in [3.8, 4) is 0 Å². The standard InChI is InChI=1S/C11H16ClN3/c1-2-15(9-5-3-4-6-9)11-7-10(12)13-8-14-11/h7-9H,2-6H2,1H3. The zero-order chi connectivity index (χ0) is 10.7. The van der Waals surface area contributed by atoms with Crippen LogP contribution >= 0.6 is 11.6 Å². The van der Waals surface area contributed by atoms with Crippen LogP contribution in [0, 0.1) is 0 Å². The maximum Gasteiger partial charge on any atom is 0.134 e. The molecule has 1 heterocycles. The van der Waals surface area contributed by atoms with Gasteiger partial charge in [-0.1, -0.05) is 24.4 Å². The van der Waals surface area contributed by atoms with Crippen molar-refractivity contribution in [2.24, 2.45) is 0 Å². The molecule has 0 atom stereocenters. The third-order valence-electron chi connectivity index (χ3n) is 3.02. The summed E-state index contributed by atoms with van der Waals surface area (Å²) in [5.41, 5.74) is 0. The van der Waals surface area contributed by atoms with Crippen LogP contribution in [0.3, 0.4) is 0 Å².